The fraction of sp³-hybridized carbons (Fsp3) is 0.200. The van der Waals surface area contributed by atoms with Gasteiger partial charge >= 0.3 is 0 Å². The van der Waals surface area contributed by atoms with Crippen LogP contribution in [0.5, 0.6) is 0 Å². The molecular formula is C20H20N4O. The van der Waals surface area contributed by atoms with Gasteiger partial charge in [0.2, 0.25) is 0 Å². The molecule has 0 saturated heterocycles. The van der Waals surface area contributed by atoms with Gasteiger partial charge in [0.25, 0.3) is 5.91 Å². The number of benzene rings is 1. The Morgan fingerprint density at radius 2 is 1.60 bits per heavy atom. The van der Waals surface area contributed by atoms with Crippen LogP contribution in [0, 0.1) is 6.92 Å². The Morgan fingerprint density at radius 3 is 2.20 bits per heavy atom. The van der Waals surface area contributed by atoms with Crippen molar-refractivity contribution in [3.63, 3.8) is 0 Å². The van der Waals surface area contributed by atoms with Crippen LogP contribution in [-0.2, 0) is 6.42 Å². The van der Waals surface area contributed by atoms with Crippen molar-refractivity contribution in [2.75, 3.05) is 0 Å². The smallest absolute Gasteiger partial charge is 0.255 e. The van der Waals surface area contributed by atoms with Crippen molar-refractivity contribution in [3.8, 4) is 0 Å². The summed E-state index contributed by atoms with van der Waals surface area (Å²) in [4.78, 5) is 25.1. The second-order valence-electron chi connectivity index (χ2n) is 5.84. The Hall–Kier alpha value is -3.08. The standard InChI is InChI=1S/C20H20N4O/c1-3-18-22-12-17(13-23-18)20(25)24-19(16-8-10-21-11-9-16)15-6-4-14(2)5-7-15/h4-13,19H,3H2,1-2H3,(H,24,25)/t19-/m1/s1. The van der Waals surface area contributed by atoms with Crippen LogP contribution < -0.4 is 5.32 Å². The molecule has 0 unspecified atom stereocenters. The molecule has 5 nitrogen and oxygen atoms in total. The molecule has 3 rings (SSSR count). The number of amides is 1. The maximum absolute atomic E-state index is 12.7. The predicted octanol–water partition coefficient (Wildman–Crippen LogP) is 3.26. The summed E-state index contributed by atoms with van der Waals surface area (Å²) in [5.41, 5.74) is 3.60. The van der Waals surface area contributed by atoms with Gasteiger partial charge in [0.1, 0.15) is 5.82 Å². The van der Waals surface area contributed by atoms with Crippen molar-refractivity contribution in [2.24, 2.45) is 0 Å². The second kappa shape index (κ2) is 7.66. The first-order chi connectivity index (χ1) is 12.2. The average molecular weight is 332 g/mol. The van der Waals surface area contributed by atoms with E-state index in [-0.39, 0.29) is 11.9 Å². The molecule has 0 saturated carbocycles. The van der Waals surface area contributed by atoms with E-state index >= 15 is 0 Å². The van der Waals surface area contributed by atoms with E-state index in [0.29, 0.717) is 5.56 Å². The van der Waals surface area contributed by atoms with E-state index in [1.165, 1.54) is 5.56 Å². The molecule has 5 heteroatoms. The molecule has 1 amide bonds. The Balaban J connectivity index is 1.89. The lowest BCUT2D eigenvalue weighted by molar-refractivity contribution is 0.0942. The van der Waals surface area contributed by atoms with Crippen LogP contribution in [0.25, 0.3) is 0 Å². The van der Waals surface area contributed by atoms with Gasteiger partial charge in [-0.2, -0.15) is 0 Å². The molecular weight excluding hydrogens is 312 g/mol. The molecule has 0 spiro atoms. The number of hydrogen-bond donors (Lipinski definition) is 1. The van der Waals surface area contributed by atoms with Crippen LogP contribution in [0.2, 0.25) is 0 Å². The van der Waals surface area contributed by atoms with E-state index in [9.17, 15) is 4.79 Å². The fourth-order valence-electron chi connectivity index (χ4n) is 2.54. The Labute approximate surface area is 147 Å². The van der Waals surface area contributed by atoms with Gasteiger partial charge in [-0.15, -0.1) is 0 Å². The van der Waals surface area contributed by atoms with E-state index in [1.807, 2.05) is 50.2 Å². The van der Waals surface area contributed by atoms with E-state index in [0.717, 1.165) is 23.4 Å². The third-order valence-corrected chi connectivity index (χ3v) is 4.01. The lowest BCUT2D eigenvalue weighted by atomic mass is 9.98. The third-order valence-electron chi connectivity index (χ3n) is 4.01. The molecule has 1 N–H and O–H groups in total. The summed E-state index contributed by atoms with van der Waals surface area (Å²) < 4.78 is 0. The minimum absolute atomic E-state index is 0.204. The van der Waals surface area contributed by atoms with E-state index < -0.39 is 0 Å². The van der Waals surface area contributed by atoms with Crippen LogP contribution in [0.3, 0.4) is 0 Å². The van der Waals surface area contributed by atoms with Crippen LogP contribution in [0.15, 0.2) is 61.2 Å². The van der Waals surface area contributed by atoms with Crippen LogP contribution >= 0.6 is 0 Å². The van der Waals surface area contributed by atoms with Crippen molar-refractivity contribution >= 4 is 5.91 Å². The molecule has 0 aliphatic rings. The van der Waals surface area contributed by atoms with Crippen LogP contribution in [0.1, 0.15) is 45.8 Å². The molecule has 1 atom stereocenters. The Kier molecular flexibility index (Phi) is 5.14. The van der Waals surface area contributed by atoms with Gasteiger partial charge in [-0.1, -0.05) is 36.8 Å². The number of aryl methyl sites for hydroxylation is 2. The van der Waals surface area contributed by atoms with Gasteiger partial charge in [-0.25, -0.2) is 9.97 Å². The van der Waals surface area contributed by atoms with Gasteiger partial charge in [0.15, 0.2) is 0 Å². The number of hydrogen-bond acceptors (Lipinski definition) is 4. The van der Waals surface area contributed by atoms with Crippen molar-refractivity contribution in [3.05, 3.63) is 89.3 Å². The van der Waals surface area contributed by atoms with Gasteiger partial charge in [0.05, 0.1) is 11.6 Å². The molecule has 25 heavy (non-hydrogen) atoms. The molecule has 0 fully saturated rings. The highest BCUT2D eigenvalue weighted by molar-refractivity contribution is 5.94. The molecule has 0 aliphatic carbocycles. The van der Waals surface area contributed by atoms with Gasteiger partial charge in [-0.05, 0) is 30.2 Å². The van der Waals surface area contributed by atoms with Crippen molar-refractivity contribution < 1.29 is 4.79 Å². The molecule has 0 aliphatic heterocycles. The molecule has 2 aromatic heterocycles. The zero-order chi connectivity index (χ0) is 17.6. The Bertz CT molecular complexity index is 830. The first kappa shape index (κ1) is 16.8. The van der Waals surface area contributed by atoms with Crippen LogP contribution in [0.4, 0.5) is 0 Å². The molecule has 3 aromatic rings. The zero-order valence-electron chi connectivity index (χ0n) is 14.3. The maximum atomic E-state index is 12.7. The largest absolute Gasteiger partial charge is 0.341 e. The molecule has 126 valence electrons. The minimum Gasteiger partial charge on any atom is -0.341 e. The highest BCUT2D eigenvalue weighted by atomic mass is 16.1. The molecule has 0 radical (unpaired) electrons. The lowest BCUT2D eigenvalue weighted by Crippen LogP contribution is -2.29. The predicted molar refractivity (Wildman–Crippen MR) is 96.1 cm³/mol. The zero-order valence-corrected chi connectivity index (χ0v) is 14.3. The molecule has 0 bridgehead atoms. The highest BCUT2D eigenvalue weighted by Crippen LogP contribution is 2.22. The summed E-state index contributed by atoms with van der Waals surface area (Å²) in [6.07, 6.45) is 7.33. The summed E-state index contributed by atoms with van der Waals surface area (Å²) >= 11 is 0. The van der Waals surface area contributed by atoms with Gasteiger partial charge < -0.3 is 5.32 Å². The second-order valence-corrected chi connectivity index (χ2v) is 5.84. The number of nitrogens with zero attached hydrogens (tertiary/aromatic N) is 3. The fourth-order valence-corrected chi connectivity index (χ4v) is 2.54. The normalized spacial score (nSPS) is 11.8. The summed E-state index contributed by atoms with van der Waals surface area (Å²) in [6, 6.07) is 11.7. The third kappa shape index (κ3) is 4.07. The van der Waals surface area contributed by atoms with Crippen molar-refractivity contribution in [1.29, 1.82) is 0 Å². The SMILES string of the molecule is CCc1ncc(C(=O)N[C@@H](c2ccncc2)c2ccc(C)cc2)cn1. The highest BCUT2D eigenvalue weighted by Gasteiger charge is 2.18. The number of nitrogens with one attached hydrogen (secondary N) is 1. The first-order valence-electron chi connectivity index (χ1n) is 8.25. The summed E-state index contributed by atoms with van der Waals surface area (Å²) in [6.45, 7) is 4.02. The Morgan fingerprint density at radius 1 is 1.00 bits per heavy atom. The maximum Gasteiger partial charge on any atom is 0.255 e. The summed E-state index contributed by atoms with van der Waals surface area (Å²) in [5, 5.41) is 3.08. The van der Waals surface area contributed by atoms with Crippen molar-refractivity contribution in [1.82, 2.24) is 20.3 Å². The monoisotopic (exact) mass is 332 g/mol. The number of pyridine rings is 1. The van der Waals surface area contributed by atoms with Crippen molar-refractivity contribution in [2.45, 2.75) is 26.3 Å². The molecule has 2 heterocycles. The summed E-state index contributed by atoms with van der Waals surface area (Å²) in [7, 11) is 0. The number of carbonyl (C=O) groups excluding carboxylic acids is 1. The van der Waals surface area contributed by atoms with E-state index in [1.54, 1.807) is 24.8 Å². The topological polar surface area (TPSA) is 67.8 Å². The lowest BCUT2D eigenvalue weighted by Gasteiger charge is -2.20. The van der Waals surface area contributed by atoms with Crippen LogP contribution in [-0.4, -0.2) is 20.9 Å². The average Bonchev–Trinajstić information content (AvgIpc) is 2.67. The quantitative estimate of drug-likeness (QED) is 0.779. The summed E-state index contributed by atoms with van der Waals surface area (Å²) in [5.74, 6) is 0.519. The number of rotatable bonds is 5. The van der Waals surface area contributed by atoms with Gasteiger partial charge in [0, 0.05) is 31.2 Å². The minimum atomic E-state index is -0.262. The van der Waals surface area contributed by atoms with E-state index in [4.69, 9.17) is 0 Å². The number of carbonyl (C=O) groups is 1. The molecule has 1 aromatic carbocycles. The van der Waals surface area contributed by atoms with Gasteiger partial charge in [-0.3, -0.25) is 9.78 Å². The first-order valence-corrected chi connectivity index (χ1v) is 8.25. The van der Waals surface area contributed by atoms with E-state index in [2.05, 4.69) is 20.3 Å². The number of aromatic nitrogens is 3.